The summed E-state index contributed by atoms with van der Waals surface area (Å²) in [6.07, 6.45) is 4.83. The molecule has 1 fully saturated rings. The van der Waals surface area contributed by atoms with Gasteiger partial charge in [-0.15, -0.1) is 0 Å². The summed E-state index contributed by atoms with van der Waals surface area (Å²) in [5, 5.41) is 0. The Morgan fingerprint density at radius 3 is 1.96 bits per heavy atom. The topological polar surface area (TPSA) is 6.48 Å². The molecule has 2 atom stereocenters. The van der Waals surface area contributed by atoms with Crippen molar-refractivity contribution >= 4 is 0 Å². The van der Waals surface area contributed by atoms with E-state index >= 15 is 0 Å². The summed E-state index contributed by atoms with van der Waals surface area (Å²) < 4.78 is 0. The average molecular weight is 318 g/mol. The molecule has 2 aromatic carbocycles. The molecule has 2 unspecified atom stereocenters. The van der Waals surface area contributed by atoms with Crippen molar-refractivity contribution in [1.29, 1.82) is 0 Å². The molecular weight excluding hydrogens is 292 g/mol. The summed E-state index contributed by atoms with van der Waals surface area (Å²) in [6, 6.07) is 22.8. The van der Waals surface area contributed by atoms with Gasteiger partial charge in [-0.1, -0.05) is 72.8 Å². The molecule has 2 bridgehead atoms. The zero-order chi connectivity index (χ0) is 16.6. The number of hydrogen-bond acceptors (Lipinski definition) is 2. The van der Waals surface area contributed by atoms with Crippen LogP contribution in [0.3, 0.4) is 0 Å². The number of rotatable bonds is 4. The maximum absolute atomic E-state index is 2.70. The van der Waals surface area contributed by atoms with Gasteiger partial charge in [0, 0.05) is 37.3 Å². The van der Waals surface area contributed by atoms with Crippen molar-refractivity contribution in [2.24, 2.45) is 0 Å². The van der Waals surface area contributed by atoms with E-state index < -0.39 is 0 Å². The average Bonchev–Trinajstić information content (AvgIpc) is 2.89. The number of hydrogen-bond donors (Lipinski definition) is 0. The van der Waals surface area contributed by atoms with Crippen LogP contribution in [-0.4, -0.2) is 35.0 Å². The molecule has 0 saturated carbocycles. The quantitative estimate of drug-likeness (QED) is 0.785. The number of piperazine rings is 1. The van der Waals surface area contributed by atoms with Gasteiger partial charge in [0.15, 0.2) is 0 Å². The molecule has 2 heteroatoms. The van der Waals surface area contributed by atoms with Crippen LogP contribution in [0.1, 0.15) is 25.0 Å². The molecule has 0 N–H and O–H groups in total. The third kappa shape index (κ3) is 2.81. The summed E-state index contributed by atoms with van der Waals surface area (Å²) in [4.78, 5) is 5.30. The lowest BCUT2D eigenvalue weighted by molar-refractivity contribution is -0.00125. The van der Waals surface area contributed by atoms with E-state index in [4.69, 9.17) is 0 Å². The first-order chi connectivity index (χ1) is 11.6. The molecule has 2 aromatic rings. The van der Waals surface area contributed by atoms with Crippen molar-refractivity contribution in [3.8, 4) is 0 Å². The van der Waals surface area contributed by atoms with E-state index in [0.29, 0.717) is 12.1 Å². The van der Waals surface area contributed by atoms with Crippen molar-refractivity contribution in [2.75, 3.05) is 13.1 Å². The second-order valence-electron chi connectivity index (χ2n) is 7.53. The molecule has 2 aliphatic rings. The smallest absolute Gasteiger partial charge is 0.0421 e. The number of benzene rings is 2. The van der Waals surface area contributed by atoms with Crippen molar-refractivity contribution in [2.45, 2.75) is 38.0 Å². The molecule has 0 aromatic heterocycles. The summed E-state index contributed by atoms with van der Waals surface area (Å²) in [5.41, 5.74) is 2.87. The molecule has 24 heavy (non-hydrogen) atoms. The third-order valence-corrected chi connectivity index (χ3v) is 5.54. The second kappa shape index (κ2) is 6.19. The Bertz CT molecular complexity index is 689. The molecule has 0 spiro atoms. The van der Waals surface area contributed by atoms with Crippen LogP contribution in [0.4, 0.5) is 0 Å². The van der Waals surface area contributed by atoms with Crippen molar-refractivity contribution in [3.05, 3.63) is 83.9 Å². The van der Waals surface area contributed by atoms with Crippen molar-refractivity contribution in [3.63, 3.8) is 0 Å². The number of nitrogens with zero attached hydrogens (tertiary/aromatic N) is 2. The fraction of sp³-hybridized carbons (Fsp3) is 0.364. The minimum atomic E-state index is 0.0545. The first-order valence-electron chi connectivity index (χ1n) is 8.93. The molecule has 4 rings (SSSR count). The largest absolute Gasteiger partial charge is 0.295 e. The fourth-order valence-corrected chi connectivity index (χ4v) is 4.38. The maximum Gasteiger partial charge on any atom is 0.0421 e. The molecule has 2 nitrogen and oxygen atoms in total. The summed E-state index contributed by atoms with van der Waals surface area (Å²) in [5.74, 6) is 0. The summed E-state index contributed by atoms with van der Waals surface area (Å²) in [6.45, 7) is 8.00. The van der Waals surface area contributed by atoms with E-state index in [0.717, 1.165) is 19.6 Å². The Kier molecular flexibility index (Phi) is 4.03. The van der Waals surface area contributed by atoms with Crippen LogP contribution in [0, 0.1) is 0 Å². The SMILES string of the molecule is CC(C)(c1ccccc1)N1C2C=CC1CN(Cc1ccccc1)C2. The van der Waals surface area contributed by atoms with Gasteiger partial charge in [-0.05, 0) is 25.0 Å². The molecule has 0 aliphatic carbocycles. The van der Waals surface area contributed by atoms with Gasteiger partial charge < -0.3 is 0 Å². The van der Waals surface area contributed by atoms with E-state index in [-0.39, 0.29) is 5.54 Å². The van der Waals surface area contributed by atoms with Gasteiger partial charge in [0.05, 0.1) is 0 Å². The van der Waals surface area contributed by atoms with Gasteiger partial charge in [-0.2, -0.15) is 0 Å². The molecule has 1 saturated heterocycles. The minimum Gasteiger partial charge on any atom is -0.295 e. The Balaban J connectivity index is 1.51. The third-order valence-electron chi connectivity index (χ3n) is 5.54. The zero-order valence-corrected chi connectivity index (χ0v) is 14.6. The molecule has 2 heterocycles. The van der Waals surface area contributed by atoms with Crippen molar-refractivity contribution in [1.82, 2.24) is 9.80 Å². The predicted octanol–water partition coefficient (Wildman–Crippen LogP) is 4.05. The lowest BCUT2D eigenvalue weighted by Gasteiger charge is -2.49. The standard InChI is InChI=1S/C22H26N2/c1-22(2,19-11-7-4-8-12-19)24-20-13-14-21(24)17-23(16-20)15-18-9-5-3-6-10-18/h3-14,20-21H,15-17H2,1-2H3. The maximum atomic E-state index is 2.70. The van der Waals surface area contributed by atoms with E-state index in [2.05, 4.69) is 96.5 Å². The predicted molar refractivity (Wildman–Crippen MR) is 99.7 cm³/mol. The molecule has 124 valence electrons. The first kappa shape index (κ1) is 15.6. The van der Waals surface area contributed by atoms with Gasteiger partial charge in [0.25, 0.3) is 0 Å². The minimum absolute atomic E-state index is 0.0545. The van der Waals surface area contributed by atoms with Gasteiger partial charge in [-0.25, -0.2) is 0 Å². The molecule has 0 radical (unpaired) electrons. The van der Waals surface area contributed by atoms with Crippen LogP contribution in [0.2, 0.25) is 0 Å². The summed E-state index contributed by atoms with van der Waals surface area (Å²) in [7, 11) is 0. The van der Waals surface area contributed by atoms with E-state index in [9.17, 15) is 0 Å². The highest BCUT2D eigenvalue weighted by molar-refractivity contribution is 5.28. The van der Waals surface area contributed by atoms with E-state index in [1.807, 2.05) is 0 Å². The van der Waals surface area contributed by atoms with Crippen LogP contribution in [0.25, 0.3) is 0 Å². The van der Waals surface area contributed by atoms with Crippen molar-refractivity contribution < 1.29 is 0 Å². The van der Waals surface area contributed by atoms with Crippen LogP contribution in [0.15, 0.2) is 72.8 Å². The van der Waals surface area contributed by atoms with Gasteiger partial charge in [-0.3, -0.25) is 9.80 Å². The highest BCUT2D eigenvalue weighted by Crippen LogP contribution is 2.38. The molecule has 2 aliphatic heterocycles. The lowest BCUT2D eigenvalue weighted by atomic mass is 9.89. The van der Waals surface area contributed by atoms with Gasteiger partial charge in [0.1, 0.15) is 0 Å². The Morgan fingerprint density at radius 2 is 1.38 bits per heavy atom. The highest BCUT2D eigenvalue weighted by atomic mass is 15.3. The fourth-order valence-electron chi connectivity index (χ4n) is 4.38. The van der Waals surface area contributed by atoms with Gasteiger partial charge >= 0.3 is 0 Å². The summed E-state index contributed by atoms with van der Waals surface area (Å²) >= 11 is 0. The van der Waals surface area contributed by atoms with Crippen LogP contribution >= 0.6 is 0 Å². The van der Waals surface area contributed by atoms with Crippen LogP contribution in [-0.2, 0) is 12.1 Å². The van der Waals surface area contributed by atoms with E-state index in [1.54, 1.807) is 0 Å². The van der Waals surface area contributed by atoms with Gasteiger partial charge in [0.2, 0.25) is 0 Å². The molecular formula is C22H26N2. The van der Waals surface area contributed by atoms with Crippen LogP contribution in [0.5, 0.6) is 0 Å². The Hall–Kier alpha value is -1.90. The van der Waals surface area contributed by atoms with Crippen LogP contribution < -0.4 is 0 Å². The Labute approximate surface area is 145 Å². The molecule has 0 amide bonds. The monoisotopic (exact) mass is 318 g/mol. The number of fused-ring (bicyclic) bond motifs is 2. The Morgan fingerprint density at radius 1 is 0.833 bits per heavy atom. The van der Waals surface area contributed by atoms with E-state index in [1.165, 1.54) is 11.1 Å². The zero-order valence-electron chi connectivity index (χ0n) is 14.6. The highest BCUT2D eigenvalue weighted by Gasteiger charge is 2.44. The first-order valence-corrected chi connectivity index (χ1v) is 8.93. The normalized spacial score (nSPS) is 24.4. The lowest BCUT2D eigenvalue weighted by Crippen LogP contribution is -2.59. The second-order valence-corrected chi connectivity index (χ2v) is 7.53.